The Morgan fingerprint density at radius 1 is 1.00 bits per heavy atom. The van der Waals surface area contributed by atoms with Crippen LogP contribution < -0.4 is 0 Å². The van der Waals surface area contributed by atoms with Crippen molar-refractivity contribution < 1.29 is 42.3 Å². The van der Waals surface area contributed by atoms with Crippen LogP contribution >= 0.6 is 25.1 Å². The summed E-state index contributed by atoms with van der Waals surface area (Å²) in [7, 11) is -8.92. The SMILES string of the molecule is O=[PH](O)OCN(COP(O)O)CO[PH](=O)O. The Morgan fingerprint density at radius 3 is 1.75 bits per heavy atom. The molecule has 0 aromatic heterocycles. The molecule has 0 saturated carbocycles. The van der Waals surface area contributed by atoms with Crippen LogP contribution in [0, 0.1) is 0 Å². The van der Waals surface area contributed by atoms with Gasteiger partial charge in [0.05, 0.1) is 0 Å². The lowest BCUT2D eigenvalue weighted by molar-refractivity contribution is -0.00390. The monoisotopic (exact) mass is 299 g/mol. The van der Waals surface area contributed by atoms with Crippen LogP contribution in [0.25, 0.3) is 0 Å². The molecular formula is C3H12NO9P3. The van der Waals surface area contributed by atoms with Gasteiger partial charge in [-0.1, -0.05) is 0 Å². The Hall–Kier alpha value is 0.570. The van der Waals surface area contributed by atoms with Crippen LogP contribution in [0.1, 0.15) is 0 Å². The fraction of sp³-hybridized carbons (Fsp3) is 1.00. The first kappa shape index (κ1) is 16.6. The van der Waals surface area contributed by atoms with E-state index in [1.165, 1.54) is 0 Å². The zero-order valence-corrected chi connectivity index (χ0v) is 10.7. The minimum atomic E-state index is -3.16. The first-order chi connectivity index (χ1) is 7.41. The molecule has 0 amide bonds. The van der Waals surface area contributed by atoms with Gasteiger partial charge in [-0.3, -0.25) is 22.7 Å². The van der Waals surface area contributed by atoms with Gasteiger partial charge in [-0.05, 0) is 0 Å². The van der Waals surface area contributed by atoms with Crippen molar-refractivity contribution in [2.24, 2.45) is 0 Å². The lowest BCUT2D eigenvalue weighted by Gasteiger charge is -2.20. The van der Waals surface area contributed by atoms with Crippen LogP contribution in [0.2, 0.25) is 0 Å². The first-order valence-electron chi connectivity index (χ1n) is 3.66. The van der Waals surface area contributed by atoms with Gasteiger partial charge in [0, 0.05) is 0 Å². The van der Waals surface area contributed by atoms with Gasteiger partial charge < -0.3 is 19.6 Å². The van der Waals surface area contributed by atoms with Crippen LogP contribution in [0.4, 0.5) is 0 Å². The van der Waals surface area contributed by atoms with Gasteiger partial charge in [0.2, 0.25) is 0 Å². The maximum atomic E-state index is 10.2. The Bertz CT molecular complexity index is 218. The van der Waals surface area contributed by atoms with Crippen molar-refractivity contribution >= 4 is 25.1 Å². The molecule has 0 aliphatic heterocycles. The summed E-state index contributed by atoms with van der Waals surface area (Å²) in [6.07, 6.45) is 0. The van der Waals surface area contributed by atoms with E-state index in [9.17, 15) is 9.13 Å². The van der Waals surface area contributed by atoms with E-state index in [1.807, 2.05) is 0 Å². The lowest BCUT2D eigenvalue weighted by atomic mass is 10.9. The molecule has 4 N–H and O–H groups in total. The second-order valence-electron chi connectivity index (χ2n) is 2.26. The molecule has 98 valence electrons. The van der Waals surface area contributed by atoms with Gasteiger partial charge in [0.25, 0.3) is 0 Å². The summed E-state index contributed by atoms with van der Waals surface area (Å²) < 4.78 is 33.5. The van der Waals surface area contributed by atoms with Gasteiger partial charge in [-0.25, -0.2) is 4.90 Å². The maximum Gasteiger partial charge on any atom is 0.328 e. The summed E-state index contributed by atoms with van der Waals surface area (Å²) in [4.78, 5) is 34.6. The van der Waals surface area contributed by atoms with Crippen molar-refractivity contribution in [1.29, 1.82) is 0 Å². The molecule has 0 aromatic rings. The molecule has 13 heteroatoms. The van der Waals surface area contributed by atoms with Gasteiger partial charge in [-0.2, -0.15) is 0 Å². The summed E-state index contributed by atoms with van der Waals surface area (Å²) in [5.74, 6) is 0. The molecular weight excluding hydrogens is 287 g/mol. The minimum absolute atomic E-state index is 0.400. The highest BCUT2D eigenvalue weighted by Crippen LogP contribution is 2.25. The second kappa shape index (κ2) is 9.58. The van der Waals surface area contributed by atoms with Crippen molar-refractivity contribution in [3.63, 3.8) is 0 Å². The summed E-state index contributed by atoms with van der Waals surface area (Å²) in [5.41, 5.74) is 0. The van der Waals surface area contributed by atoms with Crippen LogP contribution in [-0.4, -0.2) is 44.7 Å². The smallest absolute Gasteiger partial charge is 0.328 e. The average molecular weight is 299 g/mol. The number of hydrogen-bond acceptors (Lipinski definition) is 8. The molecule has 0 radical (unpaired) electrons. The highest BCUT2D eigenvalue weighted by Gasteiger charge is 2.10. The molecule has 0 bridgehead atoms. The summed E-state index contributed by atoms with van der Waals surface area (Å²) >= 11 is 0. The van der Waals surface area contributed by atoms with Crippen molar-refractivity contribution in [2.45, 2.75) is 0 Å². The van der Waals surface area contributed by atoms with E-state index in [0.717, 1.165) is 4.90 Å². The molecule has 10 nitrogen and oxygen atoms in total. The van der Waals surface area contributed by atoms with Crippen LogP contribution in [-0.2, 0) is 22.7 Å². The Labute approximate surface area is 93.3 Å². The third-order valence-electron chi connectivity index (χ3n) is 1.10. The molecule has 0 spiro atoms. The van der Waals surface area contributed by atoms with E-state index in [2.05, 4.69) is 13.6 Å². The van der Waals surface area contributed by atoms with Gasteiger partial charge >= 0.3 is 25.1 Å². The van der Waals surface area contributed by atoms with E-state index in [1.54, 1.807) is 0 Å². The van der Waals surface area contributed by atoms with E-state index in [0.29, 0.717) is 0 Å². The molecule has 16 heavy (non-hydrogen) atoms. The predicted molar refractivity (Wildman–Crippen MR) is 53.5 cm³/mol. The zero-order valence-electron chi connectivity index (χ0n) is 7.85. The van der Waals surface area contributed by atoms with Gasteiger partial charge in [0.1, 0.15) is 20.2 Å². The maximum absolute atomic E-state index is 10.2. The Kier molecular flexibility index (Phi) is 9.93. The molecule has 0 aliphatic carbocycles. The predicted octanol–water partition coefficient (Wildman–Crippen LogP) is -0.814. The summed E-state index contributed by atoms with van der Waals surface area (Å²) in [5, 5.41) is 0. The zero-order chi connectivity index (χ0) is 12.6. The lowest BCUT2D eigenvalue weighted by Crippen LogP contribution is -2.29. The highest BCUT2D eigenvalue weighted by atomic mass is 31.2. The Morgan fingerprint density at radius 2 is 1.44 bits per heavy atom. The number of rotatable bonds is 9. The first-order valence-corrected chi connectivity index (χ1v) is 7.35. The number of nitrogens with zero attached hydrogens (tertiary/aromatic N) is 1. The molecule has 2 unspecified atom stereocenters. The number of hydrogen-bond donors (Lipinski definition) is 4. The van der Waals surface area contributed by atoms with Crippen molar-refractivity contribution in [3.05, 3.63) is 0 Å². The third-order valence-corrected chi connectivity index (χ3v) is 2.20. The summed E-state index contributed by atoms with van der Waals surface area (Å²) in [6, 6.07) is 0. The van der Waals surface area contributed by atoms with Crippen molar-refractivity contribution in [2.75, 3.05) is 20.2 Å². The molecule has 0 aromatic carbocycles. The molecule has 0 saturated heterocycles. The topological polar surface area (TPSA) is 146 Å². The van der Waals surface area contributed by atoms with E-state index >= 15 is 0 Å². The van der Waals surface area contributed by atoms with Gasteiger partial charge in [-0.15, -0.1) is 0 Å². The Balaban J connectivity index is 3.94. The molecule has 0 heterocycles. The molecule has 0 aliphatic rings. The van der Waals surface area contributed by atoms with Crippen LogP contribution in [0.5, 0.6) is 0 Å². The third kappa shape index (κ3) is 11.1. The fourth-order valence-corrected chi connectivity index (χ4v) is 1.39. The van der Waals surface area contributed by atoms with E-state index < -0.39 is 45.3 Å². The van der Waals surface area contributed by atoms with Crippen LogP contribution in [0.15, 0.2) is 0 Å². The largest absolute Gasteiger partial charge is 0.328 e. The van der Waals surface area contributed by atoms with E-state index in [4.69, 9.17) is 19.6 Å². The van der Waals surface area contributed by atoms with Crippen molar-refractivity contribution in [3.8, 4) is 0 Å². The van der Waals surface area contributed by atoms with E-state index in [-0.39, 0.29) is 0 Å². The second-order valence-corrected chi connectivity index (χ2v) is 4.67. The standard InChI is InChI=1S/C3H12NO9P3/c5-14(6)11-1-4(2-12-15(7)8)3-13-16(9)10/h5-6,15-16H,1-3H2,(H,7,8)(H,9,10). The van der Waals surface area contributed by atoms with Crippen LogP contribution in [0.3, 0.4) is 0 Å². The quantitative estimate of drug-likeness (QED) is 0.314. The fourth-order valence-electron chi connectivity index (χ4n) is 0.538. The average Bonchev–Trinajstić information content (AvgIpc) is 2.15. The van der Waals surface area contributed by atoms with Gasteiger partial charge in [0.15, 0.2) is 0 Å². The minimum Gasteiger partial charge on any atom is -0.328 e. The van der Waals surface area contributed by atoms with Crippen molar-refractivity contribution in [1.82, 2.24) is 4.90 Å². The molecule has 0 rings (SSSR count). The normalized spacial score (nSPS) is 15.6. The molecule has 2 atom stereocenters. The highest BCUT2D eigenvalue weighted by molar-refractivity contribution is 7.39. The summed E-state index contributed by atoms with van der Waals surface area (Å²) in [6.45, 7) is -1.25. The molecule has 0 fully saturated rings.